The summed E-state index contributed by atoms with van der Waals surface area (Å²) in [6, 6.07) is 8.52. The molecule has 1 aliphatic heterocycles. The van der Waals surface area contributed by atoms with E-state index >= 15 is 0 Å². The summed E-state index contributed by atoms with van der Waals surface area (Å²) in [5.41, 5.74) is 0.554. The standard InChI is InChI=1S/C16H15NO5S/c1-10(22-16(19)14-3-2-8-23-14)15(18)17-11-4-5-12-13(9-11)21-7-6-20-12/h2-5,8-10H,6-7H2,1H3,(H,17,18)/t10-/m0/s1. The molecule has 1 aliphatic rings. The number of carbonyl (C=O) groups is 2. The molecule has 0 aliphatic carbocycles. The predicted octanol–water partition coefficient (Wildman–Crippen LogP) is 2.70. The van der Waals surface area contributed by atoms with Crippen molar-refractivity contribution in [3.05, 3.63) is 40.6 Å². The van der Waals surface area contributed by atoms with Crippen LogP contribution in [0.1, 0.15) is 16.6 Å². The molecule has 0 fully saturated rings. The van der Waals surface area contributed by atoms with Gasteiger partial charge in [-0.25, -0.2) is 4.79 Å². The van der Waals surface area contributed by atoms with Crippen LogP contribution in [-0.2, 0) is 9.53 Å². The molecular formula is C16H15NO5S. The van der Waals surface area contributed by atoms with Gasteiger partial charge in [0, 0.05) is 11.8 Å². The van der Waals surface area contributed by atoms with Crippen molar-refractivity contribution < 1.29 is 23.8 Å². The second-order valence-electron chi connectivity index (χ2n) is 4.87. The minimum absolute atomic E-state index is 0.411. The van der Waals surface area contributed by atoms with Crippen LogP contribution in [0.2, 0.25) is 0 Å². The first kappa shape index (κ1) is 15.4. The molecule has 0 saturated heterocycles. The molecule has 6 nitrogen and oxygen atoms in total. The molecule has 2 aromatic rings. The topological polar surface area (TPSA) is 73.9 Å². The van der Waals surface area contributed by atoms with Crippen LogP contribution < -0.4 is 14.8 Å². The molecule has 1 N–H and O–H groups in total. The lowest BCUT2D eigenvalue weighted by atomic mass is 10.2. The summed E-state index contributed by atoms with van der Waals surface area (Å²) in [5.74, 6) is 0.306. The summed E-state index contributed by atoms with van der Waals surface area (Å²) in [5, 5.41) is 4.47. The van der Waals surface area contributed by atoms with Crippen LogP contribution in [0.25, 0.3) is 0 Å². The van der Waals surface area contributed by atoms with Gasteiger partial charge in [0.2, 0.25) is 0 Å². The van der Waals surface area contributed by atoms with E-state index in [1.54, 1.807) is 35.7 Å². The van der Waals surface area contributed by atoms with Gasteiger partial charge in [-0.2, -0.15) is 0 Å². The van der Waals surface area contributed by atoms with E-state index in [0.717, 1.165) is 0 Å². The van der Waals surface area contributed by atoms with Crippen molar-refractivity contribution in [1.29, 1.82) is 0 Å². The van der Waals surface area contributed by atoms with E-state index in [1.807, 2.05) is 0 Å². The van der Waals surface area contributed by atoms with Crippen molar-refractivity contribution in [2.24, 2.45) is 0 Å². The van der Waals surface area contributed by atoms with Gasteiger partial charge in [0.05, 0.1) is 0 Å². The molecule has 1 aromatic carbocycles. The normalized spacial score (nSPS) is 14.0. The molecule has 3 rings (SSSR count). The lowest BCUT2D eigenvalue weighted by Gasteiger charge is -2.19. The van der Waals surface area contributed by atoms with E-state index < -0.39 is 18.0 Å². The highest BCUT2D eigenvalue weighted by molar-refractivity contribution is 7.11. The maximum absolute atomic E-state index is 12.1. The molecule has 0 saturated carbocycles. The first-order chi connectivity index (χ1) is 11.1. The van der Waals surface area contributed by atoms with Crippen LogP contribution in [-0.4, -0.2) is 31.2 Å². The number of ether oxygens (including phenoxy) is 3. The number of benzene rings is 1. The van der Waals surface area contributed by atoms with Crippen LogP contribution in [0.5, 0.6) is 11.5 Å². The summed E-state index contributed by atoms with van der Waals surface area (Å²) in [7, 11) is 0. The van der Waals surface area contributed by atoms with Gasteiger partial charge in [-0.1, -0.05) is 6.07 Å². The van der Waals surface area contributed by atoms with Crippen molar-refractivity contribution >= 4 is 28.9 Å². The Morgan fingerprint density at radius 3 is 2.74 bits per heavy atom. The number of hydrogen-bond donors (Lipinski definition) is 1. The molecule has 23 heavy (non-hydrogen) atoms. The van der Waals surface area contributed by atoms with Crippen LogP contribution in [0.15, 0.2) is 35.7 Å². The van der Waals surface area contributed by atoms with Gasteiger partial charge in [0.1, 0.15) is 18.1 Å². The summed E-state index contributed by atoms with van der Waals surface area (Å²) < 4.78 is 16.0. The van der Waals surface area contributed by atoms with Crippen molar-refractivity contribution in [3.8, 4) is 11.5 Å². The van der Waals surface area contributed by atoms with Crippen molar-refractivity contribution in [3.63, 3.8) is 0 Å². The van der Waals surface area contributed by atoms with Crippen LogP contribution in [0.4, 0.5) is 5.69 Å². The highest BCUT2D eigenvalue weighted by atomic mass is 32.1. The van der Waals surface area contributed by atoms with Gasteiger partial charge in [0.25, 0.3) is 5.91 Å². The minimum Gasteiger partial charge on any atom is -0.486 e. The Bertz CT molecular complexity index is 713. The maximum Gasteiger partial charge on any atom is 0.349 e. The molecule has 1 aromatic heterocycles. The zero-order chi connectivity index (χ0) is 16.2. The van der Waals surface area contributed by atoms with Gasteiger partial charge in [0.15, 0.2) is 17.6 Å². The fraction of sp³-hybridized carbons (Fsp3) is 0.250. The zero-order valence-corrected chi connectivity index (χ0v) is 13.2. The third kappa shape index (κ3) is 3.62. The summed E-state index contributed by atoms with van der Waals surface area (Å²) in [4.78, 5) is 24.4. The zero-order valence-electron chi connectivity index (χ0n) is 12.4. The lowest BCUT2D eigenvalue weighted by molar-refractivity contribution is -0.123. The van der Waals surface area contributed by atoms with Gasteiger partial charge in [-0.3, -0.25) is 4.79 Å². The van der Waals surface area contributed by atoms with E-state index in [0.29, 0.717) is 35.3 Å². The third-order valence-electron chi connectivity index (χ3n) is 3.19. The Morgan fingerprint density at radius 2 is 2.00 bits per heavy atom. The third-order valence-corrected chi connectivity index (χ3v) is 4.04. The molecular weight excluding hydrogens is 318 g/mol. The fourth-order valence-corrected chi connectivity index (χ4v) is 2.64. The summed E-state index contributed by atoms with van der Waals surface area (Å²) in [6.45, 7) is 2.51. The Morgan fingerprint density at radius 1 is 1.22 bits per heavy atom. The number of fused-ring (bicyclic) bond motifs is 1. The predicted molar refractivity (Wildman–Crippen MR) is 85.3 cm³/mol. The van der Waals surface area contributed by atoms with Crippen molar-refractivity contribution in [2.45, 2.75) is 13.0 Å². The minimum atomic E-state index is -0.905. The van der Waals surface area contributed by atoms with Crippen LogP contribution in [0, 0.1) is 0 Å². The largest absolute Gasteiger partial charge is 0.486 e. The molecule has 0 spiro atoms. The molecule has 1 amide bonds. The average molecular weight is 333 g/mol. The maximum atomic E-state index is 12.1. The quantitative estimate of drug-likeness (QED) is 0.871. The number of rotatable bonds is 4. The van der Waals surface area contributed by atoms with Crippen molar-refractivity contribution in [2.75, 3.05) is 18.5 Å². The Kier molecular flexibility index (Phi) is 4.47. The highest BCUT2D eigenvalue weighted by Gasteiger charge is 2.20. The average Bonchev–Trinajstić information content (AvgIpc) is 3.09. The van der Waals surface area contributed by atoms with E-state index in [-0.39, 0.29) is 0 Å². The van der Waals surface area contributed by atoms with Crippen molar-refractivity contribution in [1.82, 2.24) is 0 Å². The number of nitrogens with one attached hydrogen (secondary N) is 1. The highest BCUT2D eigenvalue weighted by Crippen LogP contribution is 2.32. The van der Waals surface area contributed by atoms with E-state index in [2.05, 4.69) is 5.32 Å². The fourth-order valence-electron chi connectivity index (χ4n) is 2.03. The first-order valence-corrected chi connectivity index (χ1v) is 7.96. The van der Waals surface area contributed by atoms with Crippen LogP contribution >= 0.6 is 11.3 Å². The smallest absolute Gasteiger partial charge is 0.349 e. The second kappa shape index (κ2) is 6.70. The SMILES string of the molecule is C[C@H](OC(=O)c1cccs1)C(=O)Nc1ccc2c(c1)OCCO2. The summed E-state index contributed by atoms with van der Waals surface area (Å²) >= 11 is 1.27. The van der Waals surface area contributed by atoms with E-state index in [1.165, 1.54) is 18.3 Å². The second-order valence-corrected chi connectivity index (χ2v) is 5.82. The number of thiophene rings is 1. The molecule has 120 valence electrons. The number of carbonyl (C=O) groups excluding carboxylic acids is 2. The number of esters is 1. The Hall–Kier alpha value is -2.54. The van der Waals surface area contributed by atoms with Gasteiger partial charge < -0.3 is 19.5 Å². The van der Waals surface area contributed by atoms with Crippen LogP contribution in [0.3, 0.4) is 0 Å². The molecule has 0 unspecified atom stereocenters. The van der Waals surface area contributed by atoms with Gasteiger partial charge >= 0.3 is 5.97 Å². The summed E-state index contributed by atoms with van der Waals surface area (Å²) in [6.07, 6.45) is -0.905. The van der Waals surface area contributed by atoms with Gasteiger partial charge in [-0.05, 0) is 30.5 Å². The lowest BCUT2D eigenvalue weighted by Crippen LogP contribution is -2.29. The van der Waals surface area contributed by atoms with E-state index in [4.69, 9.17) is 14.2 Å². The molecule has 0 bridgehead atoms. The first-order valence-electron chi connectivity index (χ1n) is 7.08. The Balaban J connectivity index is 1.61. The van der Waals surface area contributed by atoms with E-state index in [9.17, 15) is 9.59 Å². The monoisotopic (exact) mass is 333 g/mol. The number of hydrogen-bond acceptors (Lipinski definition) is 6. The number of amides is 1. The van der Waals surface area contributed by atoms with Gasteiger partial charge in [-0.15, -0.1) is 11.3 Å². The molecule has 0 radical (unpaired) electrons. The molecule has 1 atom stereocenters. The number of anilines is 1. The Labute approximate surface area is 137 Å². The molecule has 2 heterocycles. The molecule has 7 heteroatoms.